The molecular weight excluding hydrogens is 148 g/mol. The fourth-order valence-electron chi connectivity index (χ4n) is 2.41. The molecule has 0 fully saturated rings. The summed E-state index contributed by atoms with van der Waals surface area (Å²) in [4.78, 5) is 11.7. The summed E-state index contributed by atoms with van der Waals surface area (Å²) in [5.74, 6) is 1.40. The van der Waals surface area contributed by atoms with E-state index in [9.17, 15) is 4.79 Å². The Kier molecular flexibility index (Phi) is 1.06. The van der Waals surface area contributed by atoms with Crippen LogP contribution in [0.5, 0.6) is 0 Å². The monoisotopic (exact) mass is 158 g/mol. The van der Waals surface area contributed by atoms with Gasteiger partial charge in [0.1, 0.15) is 5.78 Å². The molecule has 0 aromatic carbocycles. The highest BCUT2D eigenvalue weighted by atomic mass is 16.1. The first-order chi connectivity index (χ1) is 5.86. The summed E-state index contributed by atoms with van der Waals surface area (Å²) in [5.41, 5.74) is 0. The Hall–Kier alpha value is -1.11. The first-order valence-electron chi connectivity index (χ1n) is 4.45. The highest BCUT2D eigenvalue weighted by Crippen LogP contribution is 2.40. The molecule has 4 unspecified atom stereocenters. The molecule has 1 heteroatoms. The summed E-state index contributed by atoms with van der Waals surface area (Å²) >= 11 is 0. The maximum absolute atomic E-state index is 11.7. The molecule has 60 valence electrons. The van der Waals surface area contributed by atoms with E-state index >= 15 is 0 Å². The van der Waals surface area contributed by atoms with Crippen LogP contribution in [-0.4, -0.2) is 5.78 Å². The van der Waals surface area contributed by atoms with Crippen molar-refractivity contribution in [2.24, 2.45) is 23.7 Å². The van der Waals surface area contributed by atoms with Crippen LogP contribution < -0.4 is 0 Å². The minimum atomic E-state index is 0.148. The van der Waals surface area contributed by atoms with E-state index in [0.717, 1.165) is 0 Å². The number of carbonyl (C=O) groups excluding carboxylic acids is 1. The van der Waals surface area contributed by atoms with Crippen LogP contribution >= 0.6 is 0 Å². The normalized spacial score (nSPS) is 47.2. The number of Topliss-reactive ketones (excluding diaryl/α,β-unsaturated/α-hetero) is 1. The van der Waals surface area contributed by atoms with Gasteiger partial charge in [0.05, 0.1) is 0 Å². The topological polar surface area (TPSA) is 17.1 Å². The number of carbonyl (C=O) groups is 1. The smallest absolute Gasteiger partial charge is 0.148 e. The maximum atomic E-state index is 11.7. The predicted octanol–water partition coefficient (Wildman–Crippen LogP) is 1.73. The molecule has 0 saturated heterocycles. The zero-order valence-electron chi connectivity index (χ0n) is 6.68. The Labute approximate surface area is 71.5 Å². The summed E-state index contributed by atoms with van der Waals surface area (Å²) < 4.78 is 0. The highest BCUT2D eigenvalue weighted by Gasteiger charge is 2.40. The van der Waals surface area contributed by atoms with E-state index in [1.807, 2.05) is 0 Å². The van der Waals surface area contributed by atoms with Gasteiger partial charge >= 0.3 is 0 Å². The van der Waals surface area contributed by atoms with Crippen molar-refractivity contribution in [3.8, 4) is 0 Å². The van der Waals surface area contributed by atoms with Crippen LogP contribution in [0.2, 0.25) is 0 Å². The quantitative estimate of drug-likeness (QED) is 0.491. The molecule has 0 heterocycles. The molecule has 0 aromatic rings. The lowest BCUT2D eigenvalue weighted by Gasteiger charge is -2.29. The number of rotatable bonds is 0. The third kappa shape index (κ3) is 0.619. The van der Waals surface area contributed by atoms with E-state index < -0.39 is 0 Å². The van der Waals surface area contributed by atoms with Gasteiger partial charge in [-0.2, -0.15) is 0 Å². The molecule has 5 rings (SSSR count). The van der Waals surface area contributed by atoms with Crippen molar-refractivity contribution in [3.63, 3.8) is 0 Å². The van der Waals surface area contributed by atoms with Crippen molar-refractivity contribution in [2.75, 3.05) is 0 Å². The summed E-state index contributed by atoms with van der Waals surface area (Å²) in [6.07, 6.45) is 12.9. The number of allylic oxidation sites excluding steroid dienone is 6. The molecule has 0 aromatic heterocycles. The molecule has 0 spiro atoms. The molecule has 4 bridgehead atoms. The average molecular weight is 158 g/mol. The lowest BCUT2D eigenvalue weighted by atomic mass is 9.72. The van der Waals surface area contributed by atoms with Crippen molar-refractivity contribution in [1.82, 2.24) is 0 Å². The van der Waals surface area contributed by atoms with Gasteiger partial charge in [0.2, 0.25) is 0 Å². The zero-order chi connectivity index (χ0) is 8.13. The van der Waals surface area contributed by atoms with Crippen molar-refractivity contribution in [2.45, 2.75) is 0 Å². The molecule has 0 N–H and O–H groups in total. The minimum absolute atomic E-state index is 0.148. The van der Waals surface area contributed by atoms with Crippen molar-refractivity contribution in [1.29, 1.82) is 0 Å². The van der Waals surface area contributed by atoms with Crippen LogP contribution in [0, 0.1) is 23.7 Å². The van der Waals surface area contributed by atoms with Crippen LogP contribution in [0.4, 0.5) is 0 Å². The third-order valence-electron chi connectivity index (χ3n) is 3.12. The number of hydrogen-bond donors (Lipinski definition) is 0. The van der Waals surface area contributed by atoms with Crippen LogP contribution in [0.1, 0.15) is 0 Å². The summed E-state index contributed by atoms with van der Waals surface area (Å²) in [6.45, 7) is 0. The van der Waals surface area contributed by atoms with Gasteiger partial charge in [-0.1, -0.05) is 36.5 Å². The van der Waals surface area contributed by atoms with Crippen molar-refractivity contribution < 1.29 is 4.79 Å². The SMILES string of the molecule is O=C1C2C=CC3C=CC2C=CC13. The first kappa shape index (κ1) is 6.41. The number of hydrogen-bond acceptors (Lipinski definition) is 1. The largest absolute Gasteiger partial charge is 0.298 e. The van der Waals surface area contributed by atoms with Crippen molar-refractivity contribution >= 4 is 5.78 Å². The van der Waals surface area contributed by atoms with Crippen LogP contribution in [-0.2, 0) is 4.79 Å². The third-order valence-corrected chi connectivity index (χ3v) is 3.12. The van der Waals surface area contributed by atoms with Crippen LogP contribution in [0.25, 0.3) is 0 Å². The second-order valence-corrected chi connectivity index (χ2v) is 3.76. The molecule has 0 saturated carbocycles. The lowest BCUT2D eigenvalue weighted by molar-refractivity contribution is -0.126. The molecule has 12 heavy (non-hydrogen) atoms. The van der Waals surface area contributed by atoms with Gasteiger partial charge in [-0.15, -0.1) is 0 Å². The van der Waals surface area contributed by atoms with E-state index in [0.29, 0.717) is 17.6 Å². The van der Waals surface area contributed by atoms with E-state index in [4.69, 9.17) is 0 Å². The fraction of sp³-hybridized carbons (Fsp3) is 0.364. The number of ketones is 1. The fourth-order valence-corrected chi connectivity index (χ4v) is 2.41. The van der Waals surface area contributed by atoms with Crippen LogP contribution in [0.15, 0.2) is 36.5 Å². The average Bonchev–Trinajstić information content (AvgIpc) is 2.39. The minimum Gasteiger partial charge on any atom is -0.298 e. The van der Waals surface area contributed by atoms with Gasteiger partial charge < -0.3 is 0 Å². The van der Waals surface area contributed by atoms with E-state index in [-0.39, 0.29) is 11.8 Å². The molecule has 0 amide bonds. The Morgan fingerprint density at radius 2 is 1.17 bits per heavy atom. The van der Waals surface area contributed by atoms with Gasteiger partial charge in [0, 0.05) is 23.7 Å². The van der Waals surface area contributed by atoms with E-state index in [1.54, 1.807) is 0 Å². The van der Waals surface area contributed by atoms with E-state index in [1.165, 1.54) is 0 Å². The molecule has 5 aliphatic carbocycles. The summed E-state index contributed by atoms with van der Waals surface area (Å²) in [5, 5.41) is 0. The van der Waals surface area contributed by atoms with Crippen molar-refractivity contribution in [3.05, 3.63) is 36.5 Å². The lowest BCUT2D eigenvalue weighted by Crippen LogP contribution is -2.33. The summed E-state index contributed by atoms with van der Waals surface area (Å²) in [6, 6.07) is 0. The van der Waals surface area contributed by atoms with Gasteiger partial charge in [0.25, 0.3) is 0 Å². The van der Waals surface area contributed by atoms with Crippen LogP contribution in [0.3, 0.4) is 0 Å². The Morgan fingerprint density at radius 3 is 1.67 bits per heavy atom. The Morgan fingerprint density at radius 1 is 0.750 bits per heavy atom. The first-order valence-corrected chi connectivity index (χ1v) is 4.45. The van der Waals surface area contributed by atoms with Gasteiger partial charge in [-0.3, -0.25) is 4.79 Å². The standard InChI is InChI=1S/C11H10O/c12-11-9-6-4-8-2-1-7(9)3-5-10(8)11/h1-10H. The van der Waals surface area contributed by atoms with Gasteiger partial charge in [-0.05, 0) is 0 Å². The highest BCUT2D eigenvalue weighted by molar-refractivity contribution is 5.90. The van der Waals surface area contributed by atoms with E-state index in [2.05, 4.69) is 36.5 Å². The molecular formula is C11H10O. The Bertz CT molecular complexity index is 277. The molecule has 0 radical (unpaired) electrons. The maximum Gasteiger partial charge on any atom is 0.148 e. The predicted molar refractivity (Wildman–Crippen MR) is 46.4 cm³/mol. The van der Waals surface area contributed by atoms with Gasteiger partial charge in [-0.25, -0.2) is 0 Å². The van der Waals surface area contributed by atoms with Gasteiger partial charge in [0.15, 0.2) is 0 Å². The zero-order valence-corrected chi connectivity index (χ0v) is 6.68. The Balaban J connectivity index is 2.24. The summed E-state index contributed by atoms with van der Waals surface area (Å²) in [7, 11) is 0. The second-order valence-electron chi connectivity index (χ2n) is 3.76. The second kappa shape index (κ2) is 1.98. The molecule has 1 nitrogen and oxygen atoms in total. The molecule has 5 aliphatic rings. The molecule has 0 aliphatic heterocycles. The molecule has 4 atom stereocenters.